The summed E-state index contributed by atoms with van der Waals surface area (Å²) in [5.74, 6) is 0.0157. The lowest BCUT2D eigenvalue weighted by Gasteiger charge is -2.49. The van der Waals surface area contributed by atoms with Crippen LogP contribution in [0.5, 0.6) is 5.75 Å². The third-order valence-electron chi connectivity index (χ3n) is 5.95. The highest BCUT2D eigenvalue weighted by atomic mass is 16.5. The van der Waals surface area contributed by atoms with Crippen molar-refractivity contribution in [3.05, 3.63) is 101 Å². The van der Waals surface area contributed by atoms with E-state index in [2.05, 4.69) is 0 Å². The molecule has 0 amide bonds. The fourth-order valence-electron chi connectivity index (χ4n) is 4.59. The van der Waals surface area contributed by atoms with Crippen LogP contribution in [0, 0.1) is 5.92 Å². The number of benzene rings is 3. The van der Waals surface area contributed by atoms with Gasteiger partial charge in [-0.1, -0.05) is 72.8 Å². The summed E-state index contributed by atoms with van der Waals surface area (Å²) in [6.07, 6.45) is -0.480. The van der Waals surface area contributed by atoms with Crippen molar-refractivity contribution < 1.29 is 14.3 Å². The summed E-state index contributed by atoms with van der Waals surface area (Å²) in [6, 6.07) is 24.2. The standard InChI is InChI=1S/C24H18O3/c1-24-18-13-7-8-14-19(18)27-22(16-11-5-6-12-17(16)23(24)26)20(24)21(25)15-9-3-2-4-10-15/h2-14,20,22H,1H3/t20-,22-,24-/m0/s1. The molecule has 3 nitrogen and oxygen atoms in total. The maximum atomic E-state index is 13.7. The average Bonchev–Trinajstić information content (AvgIpc) is 2.72. The van der Waals surface area contributed by atoms with Crippen LogP contribution in [0.4, 0.5) is 0 Å². The van der Waals surface area contributed by atoms with Crippen LogP contribution in [0.15, 0.2) is 78.9 Å². The molecule has 0 fully saturated rings. The van der Waals surface area contributed by atoms with Crippen molar-refractivity contribution in [1.82, 2.24) is 0 Å². The lowest BCUT2D eigenvalue weighted by molar-refractivity contribution is 0.0308. The smallest absolute Gasteiger partial charge is 0.174 e. The largest absolute Gasteiger partial charge is 0.485 e. The first kappa shape index (κ1) is 16.0. The van der Waals surface area contributed by atoms with Crippen molar-refractivity contribution in [1.29, 1.82) is 0 Å². The van der Waals surface area contributed by atoms with Crippen LogP contribution in [-0.4, -0.2) is 11.6 Å². The molecular weight excluding hydrogens is 336 g/mol. The molecule has 1 heterocycles. The molecule has 132 valence electrons. The number of fused-ring (bicyclic) bond motifs is 6. The van der Waals surface area contributed by atoms with E-state index >= 15 is 0 Å². The van der Waals surface area contributed by atoms with E-state index in [1.165, 1.54) is 0 Å². The van der Waals surface area contributed by atoms with E-state index in [0.717, 1.165) is 11.1 Å². The highest BCUT2D eigenvalue weighted by molar-refractivity contribution is 6.13. The zero-order valence-electron chi connectivity index (χ0n) is 14.9. The number of carbonyl (C=O) groups excluding carboxylic acids is 2. The Kier molecular flexibility index (Phi) is 3.35. The number of rotatable bonds is 2. The van der Waals surface area contributed by atoms with Gasteiger partial charge in [0.1, 0.15) is 11.9 Å². The summed E-state index contributed by atoms with van der Waals surface area (Å²) in [4.78, 5) is 27.2. The number of ketones is 2. The van der Waals surface area contributed by atoms with Gasteiger partial charge in [-0.05, 0) is 13.0 Å². The van der Waals surface area contributed by atoms with E-state index in [4.69, 9.17) is 4.74 Å². The van der Waals surface area contributed by atoms with E-state index in [0.29, 0.717) is 16.9 Å². The molecule has 0 aromatic heterocycles. The maximum Gasteiger partial charge on any atom is 0.174 e. The number of Topliss-reactive ketones (excluding diaryl/α,β-unsaturated/α-hetero) is 2. The minimum atomic E-state index is -0.958. The Hall–Kier alpha value is -3.20. The lowest BCUT2D eigenvalue weighted by Crippen LogP contribution is -2.54. The molecular formula is C24H18O3. The lowest BCUT2D eigenvalue weighted by atomic mass is 9.57. The number of hydrogen-bond donors (Lipinski definition) is 0. The van der Waals surface area contributed by atoms with E-state index in [-0.39, 0.29) is 11.6 Å². The third kappa shape index (κ3) is 2.08. The molecule has 0 unspecified atom stereocenters. The summed E-state index contributed by atoms with van der Waals surface area (Å²) in [6.45, 7) is 1.89. The topological polar surface area (TPSA) is 43.4 Å². The van der Waals surface area contributed by atoms with Crippen LogP contribution < -0.4 is 4.74 Å². The molecule has 3 atom stereocenters. The molecule has 3 heteroatoms. The fourth-order valence-corrected chi connectivity index (χ4v) is 4.59. The molecule has 0 spiro atoms. The van der Waals surface area contributed by atoms with Gasteiger partial charge in [-0.3, -0.25) is 9.59 Å². The Morgan fingerprint density at radius 2 is 1.56 bits per heavy atom. The van der Waals surface area contributed by atoms with Crippen molar-refractivity contribution in [2.24, 2.45) is 5.92 Å². The van der Waals surface area contributed by atoms with Crippen LogP contribution in [0.1, 0.15) is 44.9 Å². The second kappa shape index (κ2) is 5.65. The summed E-state index contributed by atoms with van der Waals surface area (Å²) in [5, 5.41) is 0. The van der Waals surface area contributed by atoms with Crippen molar-refractivity contribution in [3.63, 3.8) is 0 Å². The molecule has 0 saturated heterocycles. The van der Waals surface area contributed by atoms with Crippen LogP contribution in [-0.2, 0) is 5.41 Å². The van der Waals surface area contributed by atoms with Crippen molar-refractivity contribution in [2.45, 2.75) is 18.4 Å². The Balaban J connectivity index is 1.79. The van der Waals surface area contributed by atoms with Gasteiger partial charge in [-0.15, -0.1) is 0 Å². The Labute approximate surface area is 157 Å². The molecule has 2 bridgehead atoms. The number of hydrogen-bond acceptors (Lipinski definition) is 3. The fraction of sp³-hybridized carbons (Fsp3) is 0.167. The molecule has 1 aliphatic carbocycles. The first-order chi connectivity index (χ1) is 13.1. The minimum Gasteiger partial charge on any atom is -0.485 e. The molecule has 3 aromatic rings. The van der Waals surface area contributed by atoms with Crippen LogP contribution in [0.2, 0.25) is 0 Å². The number of para-hydroxylation sites is 1. The highest BCUT2D eigenvalue weighted by Crippen LogP contribution is 2.56. The quantitative estimate of drug-likeness (QED) is 0.623. The van der Waals surface area contributed by atoms with Crippen LogP contribution >= 0.6 is 0 Å². The van der Waals surface area contributed by atoms with E-state index in [1.54, 1.807) is 12.1 Å². The molecule has 5 rings (SSSR count). The minimum absolute atomic E-state index is 0.0145. The van der Waals surface area contributed by atoms with Gasteiger partial charge in [0.15, 0.2) is 11.6 Å². The highest BCUT2D eigenvalue weighted by Gasteiger charge is 2.59. The van der Waals surface area contributed by atoms with Crippen molar-refractivity contribution in [2.75, 3.05) is 0 Å². The molecule has 0 N–H and O–H groups in total. The second-order valence-corrected chi connectivity index (χ2v) is 7.36. The SMILES string of the molecule is C[C@]12C(=O)c3ccccc3[C@H](Oc3ccccc31)[C@@H]2C(=O)c1ccccc1. The number of ether oxygens (including phenoxy) is 1. The Bertz CT molecular complexity index is 1070. The van der Waals surface area contributed by atoms with E-state index in [9.17, 15) is 9.59 Å². The molecule has 3 aromatic carbocycles. The van der Waals surface area contributed by atoms with Gasteiger partial charge in [0, 0.05) is 22.3 Å². The second-order valence-electron chi connectivity index (χ2n) is 7.36. The normalized spacial score (nSPS) is 25.1. The zero-order chi connectivity index (χ0) is 18.6. The monoisotopic (exact) mass is 354 g/mol. The van der Waals surface area contributed by atoms with Gasteiger partial charge in [0.05, 0.1) is 11.3 Å². The predicted molar refractivity (Wildman–Crippen MR) is 102 cm³/mol. The van der Waals surface area contributed by atoms with Gasteiger partial charge in [-0.2, -0.15) is 0 Å². The van der Waals surface area contributed by atoms with Gasteiger partial charge in [-0.25, -0.2) is 0 Å². The zero-order valence-corrected chi connectivity index (χ0v) is 14.9. The summed E-state index contributed by atoms with van der Waals surface area (Å²) in [7, 11) is 0. The molecule has 1 aliphatic heterocycles. The van der Waals surface area contributed by atoms with Crippen molar-refractivity contribution >= 4 is 11.6 Å². The first-order valence-electron chi connectivity index (χ1n) is 9.11. The van der Waals surface area contributed by atoms with Gasteiger partial charge >= 0.3 is 0 Å². The van der Waals surface area contributed by atoms with Gasteiger partial charge in [0.2, 0.25) is 0 Å². The molecule has 0 radical (unpaired) electrons. The van der Waals surface area contributed by atoms with Gasteiger partial charge < -0.3 is 4.74 Å². The van der Waals surface area contributed by atoms with Crippen LogP contribution in [0.25, 0.3) is 0 Å². The van der Waals surface area contributed by atoms with E-state index < -0.39 is 17.4 Å². The maximum absolute atomic E-state index is 13.7. The summed E-state index contributed by atoms with van der Waals surface area (Å²) < 4.78 is 6.32. The summed E-state index contributed by atoms with van der Waals surface area (Å²) in [5.41, 5.74) is 1.88. The number of carbonyl (C=O) groups is 2. The van der Waals surface area contributed by atoms with E-state index in [1.807, 2.05) is 73.7 Å². The summed E-state index contributed by atoms with van der Waals surface area (Å²) >= 11 is 0. The predicted octanol–water partition coefficient (Wildman–Crippen LogP) is 4.77. The molecule has 27 heavy (non-hydrogen) atoms. The molecule has 2 aliphatic rings. The average molecular weight is 354 g/mol. The Morgan fingerprint density at radius 3 is 2.37 bits per heavy atom. The van der Waals surface area contributed by atoms with Crippen LogP contribution in [0.3, 0.4) is 0 Å². The Morgan fingerprint density at radius 1 is 0.889 bits per heavy atom. The third-order valence-corrected chi connectivity index (χ3v) is 5.95. The van der Waals surface area contributed by atoms with Gasteiger partial charge in [0.25, 0.3) is 0 Å². The first-order valence-corrected chi connectivity index (χ1v) is 9.11. The van der Waals surface area contributed by atoms with Crippen molar-refractivity contribution in [3.8, 4) is 5.75 Å². The molecule has 0 saturated carbocycles.